The zero-order valence-corrected chi connectivity index (χ0v) is 19.6. The Hall–Kier alpha value is -4.14. The number of hydrogen-bond donors (Lipinski definition) is 2. The maximum Gasteiger partial charge on any atom is 0.344 e. The lowest BCUT2D eigenvalue weighted by molar-refractivity contribution is 0.174. The number of fused-ring (bicyclic) bond motifs is 3. The second-order valence-electron chi connectivity index (χ2n) is 8.13. The average Bonchev–Trinajstić information content (AvgIpc) is 3.32. The Morgan fingerprint density at radius 3 is 1.78 bits per heavy atom. The molecule has 0 unspecified atom stereocenters. The fourth-order valence-electron chi connectivity index (χ4n) is 4.43. The van der Waals surface area contributed by atoms with Crippen molar-refractivity contribution in [2.45, 2.75) is 5.92 Å². The molecule has 0 radical (unpaired) electrons. The largest absolute Gasteiger partial charge is 0.507 e. The van der Waals surface area contributed by atoms with Gasteiger partial charge in [0.25, 0.3) is 0 Å². The number of aromatic hydroxyl groups is 2. The summed E-state index contributed by atoms with van der Waals surface area (Å²) in [4.78, 5) is 26.5. The van der Waals surface area contributed by atoms with Crippen molar-refractivity contribution in [3.05, 3.63) is 102 Å². The van der Waals surface area contributed by atoms with Crippen LogP contribution in [0, 0.1) is 0 Å². The fraction of sp³-hybridized carbons (Fsp3) is 0.0769. The predicted octanol–water partition coefficient (Wildman–Crippen LogP) is 5.53. The Balaban J connectivity index is 1.72. The van der Waals surface area contributed by atoms with E-state index < -0.39 is 28.7 Å². The number of benzene rings is 3. The molecule has 0 spiro atoms. The Bertz CT molecular complexity index is 1720. The van der Waals surface area contributed by atoms with Crippen molar-refractivity contribution in [3.8, 4) is 23.0 Å². The number of ether oxygens (including phenoxy) is 2. The van der Waals surface area contributed by atoms with Crippen LogP contribution in [0.2, 0.25) is 10.0 Å². The van der Waals surface area contributed by atoms with Crippen molar-refractivity contribution in [1.82, 2.24) is 0 Å². The van der Waals surface area contributed by atoms with Gasteiger partial charge in [-0.25, -0.2) is 9.59 Å². The molecule has 2 aromatic heterocycles. The third-order valence-corrected chi connectivity index (χ3v) is 6.53. The van der Waals surface area contributed by atoms with E-state index in [1.54, 1.807) is 18.2 Å². The van der Waals surface area contributed by atoms with Crippen LogP contribution in [0.15, 0.2) is 73.0 Å². The van der Waals surface area contributed by atoms with Gasteiger partial charge in [0.15, 0.2) is 11.5 Å². The van der Waals surface area contributed by atoms with E-state index in [4.69, 9.17) is 41.5 Å². The minimum Gasteiger partial charge on any atom is -0.507 e. The van der Waals surface area contributed by atoms with E-state index in [1.165, 1.54) is 36.4 Å². The van der Waals surface area contributed by atoms with E-state index in [-0.39, 0.29) is 39.9 Å². The Morgan fingerprint density at radius 2 is 1.22 bits per heavy atom. The minimum absolute atomic E-state index is 0.00677. The Morgan fingerprint density at radius 1 is 0.694 bits per heavy atom. The third kappa shape index (κ3) is 3.45. The maximum atomic E-state index is 13.3. The highest BCUT2D eigenvalue weighted by Gasteiger charge is 2.33. The van der Waals surface area contributed by atoms with Crippen molar-refractivity contribution in [1.29, 1.82) is 0 Å². The van der Waals surface area contributed by atoms with Gasteiger partial charge in [-0.1, -0.05) is 29.3 Å². The van der Waals surface area contributed by atoms with Crippen molar-refractivity contribution < 1.29 is 28.5 Å². The summed E-state index contributed by atoms with van der Waals surface area (Å²) in [5, 5.41) is 23.4. The van der Waals surface area contributed by atoms with Crippen LogP contribution in [0.1, 0.15) is 22.6 Å². The zero-order valence-electron chi connectivity index (χ0n) is 18.1. The topological polar surface area (TPSA) is 119 Å². The quantitative estimate of drug-likeness (QED) is 0.296. The Kier molecular flexibility index (Phi) is 5.10. The maximum absolute atomic E-state index is 13.3. The van der Waals surface area contributed by atoms with E-state index in [0.717, 1.165) is 0 Å². The van der Waals surface area contributed by atoms with Gasteiger partial charge in [-0.3, -0.25) is 0 Å². The molecule has 0 fully saturated rings. The molecule has 0 saturated carbocycles. The van der Waals surface area contributed by atoms with Gasteiger partial charge in [0, 0.05) is 10.0 Å². The van der Waals surface area contributed by atoms with Crippen molar-refractivity contribution in [3.63, 3.8) is 0 Å². The van der Waals surface area contributed by atoms with Gasteiger partial charge in [0.05, 0.1) is 27.8 Å². The summed E-state index contributed by atoms with van der Waals surface area (Å²) in [6.45, 7) is -0.00677. The van der Waals surface area contributed by atoms with Crippen LogP contribution in [0.3, 0.4) is 0 Å². The molecule has 0 saturated heterocycles. The van der Waals surface area contributed by atoms with Crippen molar-refractivity contribution >= 4 is 45.1 Å². The molecule has 0 aliphatic carbocycles. The summed E-state index contributed by atoms with van der Waals surface area (Å²) in [6, 6.07) is 13.5. The van der Waals surface area contributed by atoms with Gasteiger partial charge in [-0.15, -0.1) is 0 Å². The third-order valence-electron chi connectivity index (χ3n) is 6.06. The van der Waals surface area contributed by atoms with E-state index >= 15 is 0 Å². The number of hydrogen-bond acceptors (Lipinski definition) is 8. The second kappa shape index (κ2) is 8.22. The van der Waals surface area contributed by atoms with Crippen LogP contribution < -0.4 is 20.7 Å². The number of rotatable bonds is 3. The van der Waals surface area contributed by atoms with Crippen LogP contribution >= 0.6 is 23.2 Å². The van der Waals surface area contributed by atoms with Gasteiger partial charge in [0.2, 0.25) is 6.79 Å². The molecule has 180 valence electrons. The molecular formula is C26H14Cl2O8. The first kappa shape index (κ1) is 22.3. The lowest BCUT2D eigenvalue weighted by Crippen LogP contribution is -2.21. The van der Waals surface area contributed by atoms with Crippen LogP contribution in [0.4, 0.5) is 0 Å². The van der Waals surface area contributed by atoms with Gasteiger partial charge in [0.1, 0.15) is 22.7 Å². The predicted molar refractivity (Wildman–Crippen MR) is 132 cm³/mol. The summed E-state index contributed by atoms with van der Waals surface area (Å²) in [5.74, 6) is -1.43. The molecular weight excluding hydrogens is 511 g/mol. The molecule has 3 heterocycles. The van der Waals surface area contributed by atoms with Crippen LogP contribution in [0.25, 0.3) is 21.9 Å². The summed E-state index contributed by atoms with van der Waals surface area (Å²) in [6.07, 6.45) is 0. The molecule has 36 heavy (non-hydrogen) atoms. The lowest BCUT2D eigenvalue weighted by Gasteiger charge is -2.20. The molecule has 1 aliphatic rings. The minimum atomic E-state index is -1.32. The highest BCUT2D eigenvalue weighted by Crippen LogP contribution is 2.45. The van der Waals surface area contributed by atoms with Crippen LogP contribution in [0.5, 0.6) is 23.0 Å². The average molecular weight is 525 g/mol. The first-order valence-corrected chi connectivity index (χ1v) is 11.4. The number of halogens is 2. The summed E-state index contributed by atoms with van der Waals surface area (Å²) in [5.41, 5.74) is -1.93. The van der Waals surface area contributed by atoms with E-state index in [1.807, 2.05) is 0 Å². The molecule has 0 amide bonds. The van der Waals surface area contributed by atoms with Crippen LogP contribution in [-0.4, -0.2) is 17.0 Å². The van der Waals surface area contributed by atoms with Gasteiger partial charge in [-0.05, 0) is 54.1 Å². The molecule has 6 rings (SSSR count). The molecule has 10 heteroatoms. The second-order valence-corrected chi connectivity index (χ2v) is 9.00. The fourth-order valence-corrected chi connectivity index (χ4v) is 4.77. The molecule has 8 nitrogen and oxygen atoms in total. The highest BCUT2D eigenvalue weighted by molar-refractivity contribution is 6.31. The normalized spacial score (nSPS) is 12.6. The van der Waals surface area contributed by atoms with Gasteiger partial charge < -0.3 is 28.5 Å². The molecule has 0 atom stereocenters. The SMILES string of the molecule is O=c1oc2ccc(Cl)cc2c(O)c1C(c1ccc2c(c1)OCO2)c1c(O)c2cc(Cl)ccc2oc1=O. The van der Waals surface area contributed by atoms with Crippen LogP contribution in [-0.2, 0) is 0 Å². The van der Waals surface area contributed by atoms with Gasteiger partial charge in [-0.2, -0.15) is 0 Å². The van der Waals surface area contributed by atoms with E-state index in [9.17, 15) is 19.8 Å². The molecule has 2 N–H and O–H groups in total. The summed E-state index contributed by atoms with van der Waals surface area (Å²) < 4.78 is 21.8. The molecule has 5 aromatic rings. The smallest absolute Gasteiger partial charge is 0.344 e. The standard InChI is InChI=1S/C26H14Cl2O8/c27-12-2-5-16-14(8-12)23(29)21(25(31)35-16)20(11-1-4-18-19(7-11)34-10-33-18)22-24(30)15-9-13(28)3-6-17(15)36-26(22)32/h1-9,20,29-30H,10H2. The zero-order chi connectivity index (χ0) is 25.1. The summed E-state index contributed by atoms with van der Waals surface area (Å²) in [7, 11) is 0. The monoisotopic (exact) mass is 524 g/mol. The molecule has 1 aliphatic heterocycles. The van der Waals surface area contributed by atoms with E-state index in [0.29, 0.717) is 27.1 Å². The van der Waals surface area contributed by atoms with Gasteiger partial charge >= 0.3 is 11.3 Å². The highest BCUT2D eigenvalue weighted by atomic mass is 35.5. The first-order chi connectivity index (χ1) is 17.3. The summed E-state index contributed by atoms with van der Waals surface area (Å²) >= 11 is 12.2. The molecule has 3 aromatic carbocycles. The van der Waals surface area contributed by atoms with E-state index in [2.05, 4.69) is 0 Å². The van der Waals surface area contributed by atoms with Crippen molar-refractivity contribution in [2.24, 2.45) is 0 Å². The first-order valence-electron chi connectivity index (χ1n) is 10.6. The lowest BCUT2D eigenvalue weighted by atomic mass is 9.84. The molecule has 0 bridgehead atoms. The Labute approximate surface area is 211 Å². The van der Waals surface area contributed by atoms with Crippen molar-refractivity contribution in [2.75, 3.05) is 6.79 Å².